The summed E-state index contributed by atoms with van der Waals surface area (Å²) < 4.78 is 30.1. The van der Waals surface area contributed by atoms with Crippen LogP contribution in [0.5, 0.6) is 0 Å². The molecule has 1 saturated heterocycles. The number of nitrogens with zero attached hydrogens (tertiary/aromatic N) is 3. The van der Waals surface area contributed by atoms with Gasteiger partial charge in [-0.15, -0.1) is 0 Å². The zero-order valence-electron chi connectivity index (χ0n) is 19.3. The Morgan fingerprint density at radius 2 is 1.64 bits per heavy atom. The van der Waals surface area contributed by atoms with Crippen LogP contribution in [0.3, 0.4) is 0 Å². The molecule has 0 saturated carbocycles. The van der Waals surface area contributed by atoms with Gasteiger partial charge in [-0.25, -0.2) is 13.1 Å². The quantitative estimate of drug-likeness (QED) is 0.603. The van der Waals surface area contributed by atoms with Crippen LogP contribution in [0.25, 0.3) is 5.69 Å². The van der Waals surface area contributed by atoms with Crippen LogP contribution >= 0.6 is 0 Å². The molecule has 1 aliphatic rings. The van der Waals surface area contributed by atoms with E-state index in [9.17, 15) is 13.2 Å². The number of nitrogens with one attached hydrogen (secondary N) is 1. The summed E-state index contributed by atoms with van der Waals surface area (Å²) in [4.78, 5) is 12.9. The standard InChI is InChI=1S/C25H30N4O3S/c1-18-9-11-21(12-10-18)17-26-25(30)22-13-15-28(16-14-22)33(31,32)24-19(2)27-29(20(24)3)23-7-5-4-6-8-23/h4-12,22H,13-17H2,1-3H3,(H,26,30). The van der Waals surface area contributed by atoms with Gasteiger partial charge in [0.15, 0.2) is 0 Å². The van der Waals surface area contributed by atoms with Gasteiger partial charge in [-0.1, -0.05) is 48.0 Å². The molecule has 1 aliphatic heterocycles. The highest BCUT2D eigenvalue weighted by molar-refractivity contribution is 7.89. The first-order valence-electron chi connectivity index (χ1n) is 11.2. The van der Waals surface area contributed by atoms with Crippen LogP contribution in [0.2, 0.25) is 0 Å². The topological polar surface area (TPSA) is 84.3 Å². The van der Waals surface area contributed by atoms with Crippen LogP contribution in [-0.2, 0) is 21.4 Å². The molecule has 1 N–H and O–H groups in total. The van der Waals surface area contributed by atoms with Gasteiger partial charge in [-0.2, -0.15) is 9.40 Å². The Bertz CT molecular complexity index is 1230. The number of benzene rings is 2. The number of piperidine rings is 1. The van der Waals surface area contributed by atoms with Gasteiger partial charge in [0.1, 0.15) is 4.90 Å². The Labute approximate surface area is 195 Å². The van der Waals surface area contributed by atoms with Gasteiger partial charge in [-0.05, 0) is 51.3 Å². The second kappa shape index (κ2) is 9.49. The lowest BCUT2D eigenvalue weighted by atomic mass is 9.97. The van der Waals surface area contributed by atoms with Crippen molar-refractivity contribution in [3.05, 3.63) is 77.1 Å². The largest absolute Gasteiger partial charge is 0.352 e. The number of sulfonamides is 1. The van der Waals surface area contributed by atoms with Crippen molar-refractivity contribution in [3.8, 4) is 5.69 Å². The SMILES string of the molecule is Cc1ccc(CNC(=O)C2CCN(S(=O)(=O)c3c(C)nn(-c4ccccc4)c3C)CC2)cc1. The molecule has 3 aromatic rings. The van der Waals surface area contributed by atoms with Gasteiger partial charge in [0.05, 0.1) is 17.1 Å². The molecule has 2 aromatic carbocycles. The Morgan fingerprint density at radius 3 is 2.27 bits per heavy atom. The second-order valence-corrected chi connectivity index (χ2v) is 10.5. The molecule has 0 radical (unpaired) electrons. The Kier molecular flexibility index (Phi) is 6.67. The molecule has 1 amide bonds. The minimum Gasteiger partial charge on any atom is -0.352 e. The summed E-state index contributed by atoms with van der Waals surface area (Å²) in [7, 11) is -3.70. The average molecular weight is 467 g/mol. The van der Waals surface area contributed by atoms with E-state index in [-0.39, 0.29) is 16.7 Å². The van der Waals surface area contributed by atoms with E-state index in [0.717, 1.165) is 11.3 Å². The van der Waals surface area contributed by atoms with Gasteiger partial charge in [0.2, 0.25) is 15.9 Å². The normalized spacial score (nSPS) is 15.5. The number of hydrogen-bond acceptors (Lipinski definition) is 4. The van der Waals surface area contributed by atoms with Gasteiger partial charge >= 0.3 is 0 Å². The van der Waals surface area contributed by atoms with Crippen LogP contribution < -0.4 is 5.32 Å². The van der Waals surface area contributed by atoms with E-state index >= 15 is 0 Å². The summed E-state index contributed by atoms with van der Waals surface area (Å²) in [5, 5.41) is 7.48. The molecule has 4 rings (SSSR count). The number of carbonyl (C=O) groups is 1. The number of aromatic nitrogens is 2. The third-order valence-electron chi connectivity index (χ3n) is 6.24. The van der Waals surface area contributed by atoms with Crippen molar-refractivity contribution >= 4 is 15.9 Å². The van der Waals surface area contributed by atoms with Gasteiger partial charge < -0.3 is 5.32 Å². The van der Waals surface area contributed by atoms with Crippen LogP contribution in [-0.4, -0.2) is 41.5 Å². The molecular weight excluding hydrogens is 436 g/mol. The Balaban J connectivity index is 1.41. The third kappa shape index (κ3) is 4.86. The highest BCUT2D eigenvalue weighted by atomic mass is 32.2. The molecule has 1 fully saturated rings. The first kappa shape index (κ1) is 23.2. The van der Waals surface area contributed by atoms with Crippen molar-refractivity contribution < 1.29 is 13.2 Å². The summed E-state index contributed by atoms with van der Waals surface area (Å²) in [5.74, 6) is -0.201. The van der Waals surface area contributed by atoms with E-state index in [1.807, 2.05) is 61.5 Å². The highest BCUT2D eigenvalue weighted by Crippen LogP contribution is 2.29. The molecule has 0 atom stereocenters. The van der Waals surface area contributed by atoms with E-state index in [4.69, 9.17) is 0 Å². The highest BCUT2D eigenvalue weighted by Gasteiger charge is 2.35. The zero-order chi connectivity index (χ0) is 23.6. The third-order valence-corrected chi connectivity index (χ3v) is 8.39. The molecule has 33 heavy (non-hydrogen) atoms. The van der Waals surface area contributed by atoms with E-state index in [0.29, 0.717) is 43.9 Å². The molecule has 174 valence electrons. The van der Waals surface area contributed by atoms with Crippen molar-refractivity contribution in [1.29, 1.82) is 0 Å². The number of para-hydroxylation sites is 1. The van der Waals surface area contributed by atoms with Crippen molar-refractivity contribution in [2.75, 3.05) is 13.1 Å². The summed E-state index contributed by atoms with van der Waals surface area (Å²) in [6, 6.07) is 17.6. The van der Waals surface area contributed by atoms with Crippen molar-refractivity contribution in [2.24, 2.45) is 5.92 Å². The lowest BCUT2D eigenvalue weighted by Gasteiger charge is -2.30. The maximum absolute atomic E-state index is 13.5. The average Bonchev–Trinajstić information content (AvgIpc) is 3.13. The number of amides is 1. The first-order chi connectivity index (χ1) is 15.8. The monoisotopic (exact) mass is 466 g/mol. The summed E-state index contributed by atoms with van der Waals surface area (Å²) in [6.07, 6.45) is 1.01. The van der Waals surface area contributed by atoms with Gasteiger partial charge in [0, 0.05) is 25.6 Å². The molecule has 2 heterocycles. The van der Waals surface area contributed by atoms with Gasteiger partial charge in [-0.3, -0.25) is 4.79 Å². The fourth-order valence-electron chi connectivity index (χ4n) is 4.35. The van der Waals surface area contributed by atoms with E-state index in [1.54, 1.807) is 18.5 Å². The summed E-state index contributed by atoms with van der Waals surface area (Å²) >= 11 is 0. The van der Waals surface area contributed by atoms with E-state index < -0.39 is 10.0 Å². The van der Waals surface area contributed by atoms with Crippen LogP contribution in [0.1, 0.15) is 35.4 Å². The molecule has 0 aliphatic carbocycles. The maximum atomic E-state index is 13.5. The Hall–Kier alpha value is -2.97. The smallest absolute Gasteiger partial charge is 0.246 e. The summed E-state index contributed by atoms with van der Waals surface area (Å²) in [6.45, 7) is 6.66. The first-order valence-corrected chi connectivity index (χ1v) is 12.7. The Morgan fingerprint density at radius 1 is 1.00 bits per heavy atom. The number of rotatable bonds is 6. The summed E-state index contributed by atoms with van der Waals surface area (Å²) in [5.41, 5.74) is 4.13. The molecule has 0 bridgehead atoms. The molecule has 1 aromatic heterocycles. The molecular formula is C25H30N4O3S. The number of aryl methyl sites for hydroxylation is 2. The molecule has 0 spiro atoms. The minimum atomic E-state index is -3.70. The molecule has 8 heteroatoms. The second-order valence-electron chi connectivity index (χ2n) is 8.63. The fourth-order valence-corrected chi connectivity index (χ4v) is 6.17. The van der Waals surface area contributed by atoms with Crippen LogP contribution in [0, 0.1) is 26.7 Å². The van der Waals surface area contributed by atoms with Crippen LogP contribution in [0.15, 0.2) is 59.5 Å². The maximum Gasteiger partial charge on any atom is 0.246 e. The number of carbonyl (C=O) groups excluding carboxylic acids is 1. The van der Waals surface area contributed by atoms with Crippen LogP contribution in [0.4, 0.5) is 0 Å². The molecule has 7 nitrogen and oxygen atoms in total. The predicted octanol–water partition coefficient (Wildman–Crippen LogP) is 3.51. The fraction of sp³-hybridized carbons (Fsp3) is 0.360. The predicted molar refractivity (Wildman–Crippen MR) is 128 cm³/mol. The van der Waals surface area contributed by atoms with Crippen molar-refractivity contribution in [3.63, 3.8) is 0 Å². The van der Waals surface area contributed by atoms with E-state index in [2.05, 4.69) is 10.4 Å². The zero-order valence-corrected chi connectivity index (χ0v) is 20.1. The number of hydrogen-bond donors (Lipinski definition) is 1. The van der Waals surface area contributed by atoms with E-state index in [1.165, 1.54) is 9.87 Å². The van der Waals surface area contributed by atoms with Crippen molar-refractivity contribution in [2.45, 2.75) is 45.1 Å². The minimum absolute atomic E-state index is 0.0168. The van der Waals surface area contributed by atoms with Gasteiger partial charge in [0.25, 0.3) is 0 Å². The van der Waals surface area contributed by atoms with Crippen molar-refractivity contribution in [1.82, 2.24) is 19.4 Å². The lowest BCUT2D eigenvalue weighted by Crippen LogP contribution is -2.43. The lowest BCUT2D eigenvalue weighted by molar-refractivity contribution is -0.126. The molecule has 0 unspecified atom stereocenters.